The molecule has 0 aliphatic rings. The summed E-state index contributed by atoms with van der Waals surface area (Å²) in [5.74, 6) is 2.19. The highest BCUT2D eigenvalue weighted by Gasteiger charge is 2.11. The monoisotopic (exact) mass is 225 g/mol. The number of allylic oxidation sites excluding steroid dienone is 2. The van der Waals surface area contributed by atoms with Crippen LogP contribution in [0.15, 0.2) is 11.8 Å². The van der Waals surface area contributed by atoms with Gasteiger partial charge in [-0.2, -0.15) is 0 Å². The molecule has 16 heavy (non-hydrogen) atoms. The maximum atomic E-state index is 3.63. The van der Waals surface area contributed by atoms with E-state index < -0.39 is 0 Å². The van der Waals surface area contributed by atoms with E-state index in [0.717, 1.165) is 18.4 Å². The van der Waals surface area contributed by atoms with Gasteiger partial charge < -0.3 is 5.32 Å². The second kappa shape index (κ2) is 8.66. The molecule has 0 aromatic rings. The zero-order chi connectivity index (χ0) is 12.6. The van der Waals surface area contributed by atoms with Crippen LogP contribution in [-0.2, 0) is 0 Å². The van der Waals surface area contributed by atoms with E-state index in [9.17, 15) is 0 Å². The first-order chi connectivity index (χ1) is 7.52. The molecule has 2 unspecified atom stereocenters. The van der Waals surface area contributed by atoms with E-state index in [1.807, 2.05) is 0 Å². The highest BCUT2D eigenvalue weighted by Crippen LogP contribution is 2.15. The first kappa shape index (κ1) is 15.5. The van der Waals surface area contributed by atoms with Gasteiger partial charge >= 0.3 is 0 Å². The van der Waals surface area contributed by atoms with Crippen LogP contribution < -0.4 is 5.32 Å². The molecule has 0 bridgehead atoms. The molecule has 0 rings (SSSR count). The molecule has 0 saturated heterocycles. The molecule has 2 atom stereocenters. The predicted octanol–water partition coefficient (Wildman–Crippen LogP) is 4.60. The Morgan fingerprint density at radius 1 is 1.06 bits per heavy atom. The van der Waals surface area contributed by atoms with Crippen molar-refractivity contribution in [2.45, 2.75) is 60.8 Å². The summed E-state index contributed by atoms with van der Waals surface area (Å²) in [6, 6.07) is 0. The van der Waals surface area contributed by atoms with Crippen molar-refractivity contribution in [3.05, 3.63) is 11.8 Å². The SMILES string of the molecule is CCC/C=C(\NCC(C)C(C)CC)C(C)C. The molecule has 0 saturated carbocycles. The summed E-state index contributed by atoms with van der Waals surface area (Å²) >= 11 is 0. The third-order valence-electron chi connectivity index (χ3n) is 3.52. The van der Waals surface area contributed by atoms with Gasteiger partial charge in [0.15, 0.2) is 0 Å². The first-order valence-electron chi connectivity index (χ1n) is 6.96. The van der Waals surface area contributed by atoms with E-state index in [1.54, 1.807) is 0 Å². The lowest BCUT2D eigenvalue weighted by Gasteiger charge is -2.22. The number of hydrogen-bond donors (Lipinski definition) is 1. The molecule has 0 aromatic carbocycles. The molecule has 0 amide bonds. The summed E-state index contributed by atoms with van der Waals surface area (Å²) < 4.78 is 0. The van der Waals surface area contributed by atoms with Gasteiger partial charge in [-0.15, -0.1) is 0 Å². The van der Waals surface area contributed by atoms with Crippen LogP contribution in [0.4, 0.5) is 0 Å². The van der Waals surface area contributed by atoms with E-state index in [0.29, 0.717) is 5.92 Å². The van der Waals surface area contributed by atoms with Crippen molar-refractivity contribution >= 4 is 0 Å². The van der Waals surface area contributed by atoms with Gasteiger partial charge in [0.1, 0.15) is 0 Å². The molecular formula is C15H31N. The third-order valence-corrected chi connectivity index (χ3v) is 3.52. The molecule has 0 aliphatic carbocycles. The third kappa shape index (κ3) is 6.19. The fraction of sp³-hybridized carbons (Fsp3) is 0.867. The Morgan fingerprint density at radius 3 is 2.12 bits per heavy atom. The van der Waals surface area contributed by atoms with Gasteiger partial charge in [0.2, 0.25) is 0 Å². The fourth-order valence-corrected chi connectivity index (χ4v) is 1.69. The molecule has 1 nitrogen and oxygen atoms in total. The number of unbranched alkanes of at least 4 members (excludes halogenated alkanes) is 1. The Bertz CT molecular complexity index is 194. The average Bonchev–Trinajstić information content (AvgIpc) is 2.27. The second-order valence-electron chi connectivity index (χ2n) is 5.35. The second-order valence-corrected chi connectivity index (χ2v) is 5.35. The lowest BCUT2D eigenvalue weighted by atomic mass is 9.93. The molecule has 1 N–H and O–H groups in total. The van der Waals surface area contributed by atoms with Crippen LogP contribution in [0.2, 0.25) is 0 Å². The Hall–Kier alpha value is -0.460. The first-order valence-corrected chi connectivity index (χ1v) is 6.96. The standard InChI is InChI=1S/C15H31N/c1-7-9-10-15(12(3)4)16-11-14(6)13(5)8-2/h10,12-14,16H,7-9,11H2,1-6H3/b15-10-. The number of nitrogens with one attached hydrogen (secondary N) is 1. The molecule has 0 aliphatic heterocycles. The van der Waals surface area contributed by atoms with Crippen LogP contribution in [0.1, 0.15) is 60.8 Å². The molecule has 1 heteroatoms. The topological polar surface area (TPSA) is 12.0 Å². The van der Waals surface area contributed by atoms with Crippen molar-refractivity contribution in [3.8, 4) is 0 Å². The van der Waals surface area contributed by atoms with Gasteiger partial charge in [-0.3, -0.25) is 0 Å². The average molecular weight is 225 g/mol. The van der Waals surface area contributed by atoms with Crippen LogP contribution in [0.3, 0.4) is 0 Å². The minimum absolute atomic E-state index is 0.621. The molecule has 96 valence electrons. The van der Waals surface area contributed by atoms with Gasteiger partial charge in [0.05, 0.1) is 0 Å². The van der Waals surface area contributed by atoms with Crippen molar-refractivity contribution in [2.75, 3.05) is 6.54 Å². The van der Waals surface area contributed by atoms with Gasteiger partial charge in [-0.25, -0.2) is 0 Å². The molecule has 0 fully saturated rings. The maximum absolute atomic E-state index is 3.63. The summed E-state index contributed by atoms with van der Waals surface area (Å²) in [5.41, 5.74) is 1.43. The largest absolute Gasteiger partial charge is 0.388 e. The predicted molar refractivity (Wildman–Crippen MR) is 74.5 cm³/mol. The van der Waals surface area contributed by atoms with E-state index in [-0.39, 0.29) is 0 Å². The van der Waals surface area contributed by atoms with Crippen molar-refractivity contribution in [3.63, 3.8) is 0 Å². The van der Waals surface area contributed by atoms with Gasteiger partial charge in [0.25, 0.3) is 0 Å². The molecule has 0 spiro atoms. The van der Waals surface area contributed by atoms with Crippen LogP contribution in [0.5, 0.6) is 0 Å². The number of hydrogen-bond acceptors (Lipinski definition) is 1. The smallest absolute Gasteiger partial charge is 0.0172 e. The fourth-order valence-electron chi connectivity index (χ4n) is 1.69. The van der Waals surface area contributed by atoms with Gasteiger partial charge in [-0.05, 0) is 24.2 Å². The summed E-state index contributed by atoms with van der Waals surface area (Å²) in [4.78, 5) is 0. The van der Waals surface area contributed by atoms with E-state index in [4.69, 9.17) is 0 Å². The van der Waals surface area contributed by atoms with Gasteiger partial charge in [0, 0.05) is 12.2 Å². The van der Waals surface area contributed by atoms with E-state index in [1.165, 1.54) is 25.0 Å². The van der Waals surface area contributed by atoms with Crippen molar-refractivity contribution < 1.29 is 0 Å². The van der Waals surface area contributed by atoms with Crippen LogP contribution in [0.25, 0.3) is 0 Å². The Morgan fingerprint density at radius 2 is 1.69 bits per heavy atom. The Kier molecular flexibility index (Phi) is 8.42. The summed E-state index contributed by atoms with van der Waals surface area (Å²) in [6.07, 6.45) is 6.07. The van der Waals surface area contributed by atoms with Crippen molar-refractivity contribution in [2.24, 2.45) is 17.8 Å². The number of rotatable bonds is 8. The highest BCUT2D eigenvalue weighted by atomic mass is 14.9. The van der Waals surface area contributed by atoms with Crippen LogP contribution >= 0.6 is 0 Å². The van der Waals surface area contributed by atoms with Crippen molar-refractivity contribution in [1.82, 2.24) is 5.32 Å². The summed E-state index contributed by atoms with van der Waals surface area (Å²) in [6.45, 7) is 14.8. The van der Waals surface area contributed by atoms with E-state index in [2.05, 4.69) is 52.9 Å². The quantitative estimate of drug-likeness (QED) is 0.636. The van der Waals surface area contributed by atoms with Gasteiger partial charge in [-0.1, -0.05) is 60.5 Å². The van der Waals surface area contributed by atoms with Crippen LogP contribution in [0, 0.1) is 17.8 Å². The van der Waals surface area contributed by atoms with E-state index >= 15 is 0 Å². The zero-order valence-corrected chi connectivity index (χ0v) is 12.1. The minimum Gasteiger partial charge on any atom is -0.388 e. The van der Waals surface area contributed by atoms with Crippen molar-refractivity contribution in [1.29, 1.82) is 0 Å². The van der Waals surface area contributed by atoms with Crippen LogP contribution in [-0.4, -0.2) is 6.54 Å². The maximum Gasteiger partial charge on any atom is 0.0172 e. The summed E-state index contributed by atoms with van der Waals surface area (Å²) in [5, 5.41) is 3.63. The Balaban J connectivity index is 4.11. The zero-order valence-electron chi connectivity index (χ0n) is 12.1. The lowest BCUT2D eigenvalue weighted by molar-refractivity contribution is 0.363. The molecular weight excluding hydrogens is 194 g/mol. The molecule has 0 heterocycles. The highest BCUT2D eigenvalue weighted by molar-refractivity contribution is 5.02. The minimum atomic E-state index is 0.621. The summed E-state index contributed by atoms with van der Waals surface area (Å²) in [7, 11) is 0. The molecule has 0 aromatic heterocycles. The Labute approximate surface area is 103 Å². The lowest BCUT2D eigenvalue weighted by Crippen LogP contribution is -2.26. The molecule has 0 radical (unpaired) electrons. The normalized spacial score (nSPS) is 16.3.